The lowest BCUT2D eigenvalue weighted by atomic mass is 9.94. The lowest BCUT2D eigenvalue weighted by Gasteiger charge is -2.20. The fraction of sp³-hybridized carbons (Fsp3) is 0.429. The molecular weight excluding hydrogens is 347 g/mol. The van der Waals surface area contributed by atoms with Crippen LogP contribution in [0.15, 0.2) is 53.9 Å². The predicted molar refractivity (Wildman–Crippen MR) is 107 cm³/mol. The molecule has 1 unspecified atom stereocenters. The van der Waals surface area contributed by atoms with Crippen molar-refractivity contribution >= 4 is 18.4 Å². The zero-order valence-corrected chi connectivity index (χ0v) is 16.7. The van der Waals surface area contributed by atoms with Gasteiger partial charge in [0.1, 0.15) is 6.10 Å². The first kappa shape index (κ1) is 20.9. The first-order valence-electron chi connectivity index (χ1n) is 9.30. The van der Waals surface area contributed by atoms with Crippen LogP contribution in [0.2, 0.25) is 0 Å². The highest BCUT2D eigenvalue weighted by Gasteiger charge is 2.25. The Kier molecular flexibility index (Phi) is 8.05. The molecule has 2 aromatic rings. The summed E-state index contributed by atoms with van der Waals surface area (Å²) in [6.45, 7) is 6.24. The Morgan fingerprint density at radius 2 is 1.73 bits per heavy atom. The van der Waals surface area contributed by atoms with E-state index in [1.165, 1.54) is 5.82 Å². The largest absolute Gasteiger partial charge is 0.384 e. The van der Waals surface area contributed by atoms with E-state index in [9.17, 15) is 9.67 Å². The van der Waals surface area contributed by atoms with Gasteiger partial charge in [0.25, 0.3) is 0 Å². The number of aliphatic hydroxyl groups is 1. The lowest BCUT2D eigenvalue weighted by molar-refractivity contribution is 0.208. The van der Waals surface area contributed by atoms with Crippen molar-refractivity contribution in [3.63, 3.8) is 0 Å². The molecule has 142 valence electrons. The van der Waals surface area contributed by atoms with Gasteiger partial charge in [0.2, 0.25) is 0 Å². The van der Waals surface area contributed by atoms with Crippen molar-refractivity contribution in [2.75, 3.05) is 13.2 Å². The second-order valence-electron chi connectivity index (χ2n) is 6.15. The summed E-state index contributed by atoms with van der Waals surface area (Å²) in [7, 11) is -3.37. The third-order valence-electron chi connectivity index (χ3n) is 4.23. The molecule has 0 aromatic heterocycles. The number of aliphatic hydroxyl groups excluding tert-OH is 1. The number of benzene rings is 2. The minimum atomic E-state index is -3.37. The van der Waals surface area contributed by atoms with Gasteiger partial charge in [-0.2, -0.15) is 0 Å². The topological polar surface area (TPSA) is 55.8 Å². The van der Waals surface area contributed by atoms with Crippen LogP contribution in [0.3, 0.4) is 0 Å². The van der Waals surface area contributed by atoms with Crippen molar-refractivity contribution in [3.8, 4) is 0 Å². The number of hydrogen-bond acceptors (Lipinski definition) is 4. The Hall–Kier alpha value is -1.45. The van der Waals surface area contributed by atoms with Crippen LogP contribution < -0.4 is 0 Å². The summed E-state index contributed by atoms with van der Waals surface area (Å²) >= 11 is 0. The van der Waals surface area contributed by atoms with Crippen molar-refractivity contribution in [2.24, 2.45) is 0 Å². The Labute approximate surface area is 156 Å². The minimum Gasteiger partial charge on any atom is -0.384 e. The molecule has 0 heterocycles. The predicted octanol–water partition coefficient (Wildman–Crippen LogP) is 6.21. The van der Waals surface area contributed by atoms with Crippen LogP contribution >= 0.6 is 7.60 Å². The van der Waals surface area contributed by atoms with Crippen molar-refractivity contribution in [1.29, 1.82) is 0 Å². The van der Waals surface area contributed by atoms with E-state index in [4.69, 9.17) is 9.05 Å². The summed E-state index contributed by atoms with van der Waals surface area (Å²) in [5.41, 5.74) is 1.50. The molecule has 2 rings (SSSR count). The zero-order chi connectivity index (χ0) is 19.0. The highest BCUT2D eigenvalue weighted by Crippen LogP contribution is 2.52. The van der Waals surface area contributed by atoms with E-state index in [-0.39, 0.29) is 0 Å². The Balaban J connectivity index is 2.47. The average Bonchev–Trinajstić information content (AvgIpc) is 2.64. The second-order valence-corrected chi connectivity index (χ2v) is 8.01. The molecule has 0 aliphatic carbocycles. The van der Waals surface area contributed by atoms with Crippen LogP contribution in [0.25, 0.3) is 10.8 Å². The first-order valence-corrected chi connectivity index (χ1v) is 10.9. The summed E-state index contributed by atoms with van der Waals surface area (Å²) in [5.74, 6) is 1.53. The molecule has 2 aromatic carbocycles. The van der Waals surface area contributed by atoms with Gasteiger partial charge in [-0.15, -0.1) is 0 Å². The molecule has 1 N–H and O–H groups in total. The summed E-state index contributed by atoms with van der Waals surface area (Å²) in [6, 6.07) is 13.8. The van der Waals surface area contributed by atoms with Crippen LogP contribution in [0, 0.1) is 0 Å². The maximum atomic E-state index is 13.0. The fourth-order valence-electron chi connectivity index (χ4n) is 3.02. The van der Waals surface area contributed by atoms with Gasteiger partial charge in [-0.3, -0.25) is 4.57 Å². The molecule has 0 spiro atoms. The molecule has 0 radical (unpaired) electrons. The first-order chi connectivity index (χ1) is 12.5. The van der Waals surface area contributed by atoms with Crippen molar-refractivity contribution < 1.29 is 18.7 Å². The molecule has 0 saturated heterocycles. The van der Waals surface area contributed by atoms with Gasteiger partial charge in [-0.25, -0.2) is 0 Å². The molecule has 0 saturated carbocycles. The molecule has 26 heavy (non-hydrogen) atoms. The van der Waals surface area contributed by atoms with E-state index < -0.39 is 13.7 Å². The average molecular weight is 376 g/mol. The van der Waals surface area contributed by atoms with Crippen LogP contribution in [-0.4, -0.2) is 18.3 Å². The Bertz CT molecular complexity index is 769. The SMILES string of the molecule is CCCC/C(=C\P(=O)(OCC)OCC)C(O)c1cccc2ccccc12. The summed E-state index contributed by atoms with van der Waals surface area (Å²) in [4.78, 5) is 0. The molecule has 0 aliphatic heterocycles. The van der Waals surface area contributed by atoms with Gasteiger partial charge in [0.15, 0.2) is 0 Å². The Morgan fingerprint density at radius 3 is 2.38 bits per heavy atom. The van der Waals surface area contributed by atoms with Gasteiger partial charge in [0, 0.05) is 5.82 Å². The van der Waals surface area contributed by atoms with Crippen LogP contribution in [0.5, 0.6) is 0 Å². The summed E-state index contributed by atoms with van der Waals surface area (Å²) in [6.07, 6.45) is 1.67. The molecule has 1 atom stereocenters. The van der Waals surface area contributed by atoms with E-state index >= 15 is 0 Å². The van der Waals surface area contributed by atoms with Crippen LogP contribution in [-0.2, 0) is 13.6 Å². The van der Waals surface area contributed by atoms with E-state index in [1.54, 1.807) is 13.8 Å². The van der Waals surface area contributed by atoms with E-state index in [0.29, 0.717) is 25.2 Å². The number of fused-ring (bicyclic) bond motifs is 1. The van der Waals surface area contributed by atoms with Gasteiger partial charge in [-0.05, 0) is 48.6 Å². The van der Waals surface area contributed by atoms with Crippen molar-refractivity contribution in [3.05, 3.63) is 59.4 Å². The normalized spacial score (nSPS) is 13.9. The number of hydrogen-bond donors (Lipinski definition) is 1. The number of unbranched alkanes of at least 4 members (excludes halogenated alkanes) is 1. The summed E-state index contributed by atoms with van der Waals surface area (Å²) < 4.78 is 23.8. The molecular formula is C21H29O4P. The Morgan fingerprint density at radius 1 is 1.08 bits per heavy atom. The third-order valence-corrected chi connectivity index (χ3v) is 6.11. The fourth-order valence-corrected chi connectivity index (χ4v) is 4.64. The maximum absolute atomic E-state index is 13.0. The molecule has 5 heteroatoms. The monoisotopic (exact) mass is 376 g/mol. The van der Waals surface area contributed by atoms with E-state index in [2.05, 4.69) is 6.92 Å². The van der Waals surface area contributed by atoms with Crippen molar-refractivity contribution in [2.45, 2.75) is 46.1 Å². The maximum Gasteiger partial charge on any atom is 0.354 e. The molecule has 0 fully saturated rings. The molecule has 0 aliphatic rings. The van der Waals surface area contributed by atoms with E-state index in [1.807, 2.05) is 42.5 Å². The third kappa shape index (κ3) is 5.28. The van der Waals surface area contributed by atoms with Gasteiger partial charge >= 0.3 is 7.60 Å². The van der Waals surface area contributed by atoms with Crippen LogP contribution in [0.4, 0.5) is 0 Å². The molecule has 4 nitrogen and oxygen atoms in total. The second kappa shape index (κ2) is 10.0. The minimum absolute atomic E-state index is 0.291. The zero-order valence-electron chi connectivity index (χ0n) is 15.9. The van der Waals surface area contributed by atoms with Gasteiger partial charge < -0.3 is 14.2 Å². The van der Waals surface area contributed by atoms with Gasteiger partial charge in [0.05, 0.1) is 13.2 Å². The summed E-state index contributed by atoms with van der Waals surface area (Å²) in [5, 5.41) is 13.2. The highest BCUT2D eigenvalue weighted by molar-refractivity contribution is 7.57. The lowest BCUT2D eigenvalue weighted by Crippen LogP contribution is -2.04. The standard InChI is InChI=1S/C21H29O4P/c1-4-7-11-18(16-26(23,24-5-2)25-6-3)21(22)20-15-10-13-17-12-8-9-14-19(17)20/h8-10,12-16,21-22H,4-7,11H2,1-3H3/b18-16+. The highest BCUT2D eigenvalue weighted by atomic mass is 31.2. The van der Waals surface area contributed by atoms with Crippen molar-refractivity contribution in [1.82, 2.24) is 0 Å². The molecule has 0 amide bonds. The number of rotatable bonds is 10. The van der Waals surface area contributed by atoms with Crippen LogP contribution in [0.1, 0.15) is 51.7 Å². The van der Waals surface area contributed by atoms with E-state index in [0.717, 1.165) is 29.2 Å². The molecule has 0 bridgehead atoms. The van der Waals surface area contributed by atoms with Gasteiger partial charge in [-0.1, -0.05) is 55.8 Å². The smallest absolute Gasteiger partial charge is 0.354 e. The quantitative estimate of drug-likeness (QED) is 0.501.